The lowest BCUT2D eigenvalue weighted by Gasteiger charge is -2.05. The molecular weight excluding hydrogens is 212 g/mol. The summed E-state index contributed by atoms with van der Waals surface area (Å²) >= 11 is 1.22. The first-order chi connectivity index (χ1) is 7.19. The Hall–Kier alpha value is -0.970. The molecule has 0 saturated carbocycles. The normalized spacial score (nSPS) is 12.7. The van der Waals surface area contributed by atoms with Crippen molar-refractivity contribution in [1.82, 2.24) is 9.36 Å². The molecule has 15 heavy (non-hydrogen) atoms. The average molecular weight is 228 g/mol. The van der Waals surface area contributed by atoms with E-state index in [1.165, 1.54) is 11.5 Å². The molecule has 0 aliphatic rings. The van der Waals surface area contributed by atoms with Gasteiger partial charge in [-0.3, -0.25) is 4.79 Å². The van der Waals surface area contributed by atoms with Gasteiger partial charge in [-0.25, -0.2) is 4.98 Å². The number of hydrogen-bond donors (Lipinski definition) is 1. The summed E-state index contributed by atoms with van der Waals surface area (Å²) in [6.45, 7) is 4.03. The summed E-state index contributed by atoms with van der Waals surface area (Å²) in [7, 11) is 0. The molecule has 5 heteroatoms. The van der Waals surface area contributed by atoms with Crippen LogP contribution in [0.25, 0.3) is 0 Å². The monoisotopic (exact) mass is 228 g/mol. The van der Waals surface area contributed by atoms with Gasteiger partial charge in [-0.2, -0.15) is 4.37 Å². The third kappa shape index (κ3) is 3.27. The smallest absolute Gasteiger partial charge is 0.313 e. The van der Waals surface area contributed by atoms with Crippen LogP contribution in [0.5, 0.6) is 0 Å². The van der Waals surface area contributed by atoms with Crippen LogP contribution in [0, 0.1) is 0 Å². The van der Waals surface area contributed by atoms with Gasteiger partial charge in [-0.15, -0.1) is 0 Å². The van der Waals surface area contributed by atoms with Gasteiger partial charge in [0.2, 0.25) is 0 Å². The lowest BCUT2D eigenvalue weighted by molar-refractivity contribution is -0.139. The largest absolute Gasteiger partial charge is 0.481 e. The molecule has 0 amide bonds. The molecule has 1 atom stereocenters. The highest BCUT2D eigenvalue weighted by Gasteiger charge is 2.22. The fourth-order valence-electron chi connectivity index (χ4n) is 1.38. The molecule has 1 rings (SSSR count). The van der Waals surface area contributed by atoms with Gasteiger partial charge in [0.25, 0.3) is 0 Å². The Morgan fingerprint density at radius 1 is 1.47 bits per heavy atom. The third-order valence-electron chi connectivity index (χ3n) is 2.13. The number of hydrogen-bond acceptors (Lipinski definition) is 4. The quantitative estimate of drug-likeness (QED) is 0.812. The van der Waals surface area contributed by atoms with Crippen LogP contribution >= 0.6 is 11.5 Å². The van der Waals surface area contributed by atoms with Gasteiger partial charge in [0.05, 0.1) is 0 Å². The standard InChI is InChI=1S/C10H16N2O2S/c1-3-5-7(10(13)14)9-11-8(6-4-2)12-15-9/h7H,3-6H2,1-2H3,(H,13,14). The van der Waals surface area contributed by atoms with Crippen LogP contribution in [0.4, 0.5) is 0 Å². The number of aliphatic carboxylic acids is 1. The highest BCUT2D eigenvalue weighted by atomic mass is 32.1. The second-order valence-electron chi connectivity index (χ2n) is 3.48. The molecule has 1 N–H and O–H groups in total. The fourth-order valence-corrected chi connectivity index (χ4v) is 2.20. The molecule has 0 aliphatic heterocycles. The first-order valence-electron chi connectivity index (χ1n) is 5.24. The Balaban J connectivity index is 2.77. The van der Waals surface area contributed by atoms with Gasteiger partial charge in [0.1, 0.15) is 16.7 Å². The van der Waals surface area contributed by atoms with Gasteiger partial charge in [0.15, 0.2) is 0 Å². The van der Waals surface area contributed by atoms with Crippen molar-refractivity contribution >= 4 is 17.5 Å². The Kier molecular flexibility index (Phi) is 4.68. The molecule has 84 valence electrons. The number of carboxylic acids is 1. The van der Waals surface area contributed by atoms with Crippen LogP contribution in [-0.2, 0) is 11.2 Å². The summed E-state index contributed by atoms with van der Waals surface area (Å²) in [6, 6.07) is 0. The van der Waals surface area contributed by atoms with Crippen molar-refractivity contribution in [2.24, 2.45) is 0 Å². The second-order valence-corrected chi connectivity index (χ2v) is 4.26. The molecule has 4 nitrogen and oxygen atoms in total. The van der Waals surface area contributed by atoms with E-state index in [0.29, 0.717) is 11.4 Å². The number of aryl methyl sites for hydroxylation is 1. The number of rotatable bonds is 6. The van der Waals surface area contributed by atoms with Gasteiger partial charge in [0, 0.05) is 6.42 Å². The van der Waals surface area contributed by atoms with Crippen molar-refractivity contribution < 1.29 is 9.90 Å². The van der Waals surface area contributed by atoms with Gasteiger partial charge < -0.3 is 5.11 Å². The Bertz CT molecular complexity index is 325. The topological polar surface area (TPSA) is 63.1 Å². The van der Waals surface area contributed by atoms with Gasteiger partial charge >= 0.3 is 5.97 Å². The van der Waals surface area contributed by atoms with Crippen LogP contribution in [-0.4, -0.2) is 20.4 Å². The summed E-state index contributed by atoms with van der Waals surface area (Å²) in [5, 5.41) is 9.68. The van der Waals surface area contributed by atoms with E-state index < -0.39 is 11.9 Å². The van der Waals surface area contributed by atoms with E-state index in [2.05, 4.69) is 16.3 Å². The molecule has 0 saturated heterocycles. The van der Waals surface area contributed by atoms with E-state index in [-0.39, 0.29) is 0 Å². The first kappa shape index (κ1) is 12.1. The zero-order valence-electron chi connectivity index (χ0n) is 9.06. The Morgan fingerprint density at radius 2 is 2.20 bits per heavy atom. The number of aromatic nitrogens is 2. The minimum atomic E-state index is -0.795. The SMILES string of the molecule is CCCc1nsc(C(CCC)C(=O)O)n1. The van der Waals surface area contributed by atoms with Crippen LogP contribution in [0.1, 0.15) is 49.9 Å². The summed E-state index contributed by atoms with van der Waals surface area (Å²) < 4.78 is 4.16. The molecule has 1 aromatic heterocycles. The summed E-state index contributed by atoms with van der Waals surface area (Å²) in [4.78, 5) is 15.3. The maximum Gasteiger partial charge on any atom is 0.313 e. The fraction of sp³-hybridized carbons (Fsp3) is 0.700. The maximum atomic E-state index is 11.0. The first-order valence-corrected chi connectivity index (χ1v) is 6.01. The van der Waals surface area contributed by atoms with Crippen LogP contribution in [0.15, 0.2) is 0 Å². The maximum absolute atomic E-state index is 11.0. The molecule has 1 aromatic rings. The highest BCUT2D eigenvalue weighted by Crippen LogP contribution is 2.23. The average Bonchev–Trinajstić information content (AvgIpc) is 2.62. The van der Waals surface area contributed by atoms with E-state index in [9.17, 15) is 4.79 Å². The number of nitrogens with zero attached hydrogens (tertiary/aromatic N) is 2. The highest BCUT2D eigenvalue weighted by molar-refractivity contribution is 7.05. The third-order valence-corrected chi connectivity index (χ3v) is 3.00. The summed E-state index contributed by atoms with van der Waals surface area (Å²) in [5.74, 6) is -0.492. The van der Waals surface area contributed by atoms with E-state index in [1.807, 2.05) is 6.92 Å². The molecule has 0 aliphatic carbocycles. The van der Waals surface area contributed by atoms with Crippen LogP contribution in [0.3, 0.4) is 0 Å². The summed E-state index contributed by atoms with van der Waals surface area (Å²) in [5.41, 5.74) is 0. The lowest BCUT2D eigenvalue weighted by Crippen LogP contribution is -2.11. The van der Waals surface area contributed by atoms with Gasteiger partial charge in [-0.05, 0) is 24.4 Å². The summed E-state index contributed by atoms with van der Waals surface area (Å²) in [6.07, 6.45) is 3.30. The Labute approximate surface area is 93.5 Å². The number of carboxylic acid groups (broad SMARTS) is 1. The molecule has 1 heterocycles. The molecule has 0 aromatic carbocycles. The predicted molar refractivity (Wildman–Crippen MR) is 59.2 cm³/mol. The van der Waals surface area contributed by atoms with Crippen molar-refractivity contribution in [1.29, 1.82) is 0 Å². The molecular formula is C10H16N2O2S. The molecule has 0 radical (unpaired) electrons. The molecule has 0 spiro atoms. The van der Waals surface area contributed by atoms with Crippen molar-refractivity contribution in [2.75, 3.05) is 0 Å². The number of carbonyl (C=O) groups is 1. The van der Waals surface area contributed by atoms with Crippen molar-refractivity contribution in [3.05, 3.63) is 10.8 Å². The van der Waals surface area contributed by atoms with E-state index in [0.717, 1.165) is 25.1 Å². The second kappa shape index (κ2) is 5.80. The minimum Gasteiger partial charge on any atom is -0.481 e. The van der Waals surface area contributed by atoms with Crippen molar-refractivity contribution in [3.63, 3.8) is 0 Å². The molecule has 0 fully saturated rings. The molecule has 1 unspecified atom stereocenters. The van der Waals surface area contributed by atoms with Crippen molar-refractivity contribution in [2.45, 2.75) is 45.4 Å². The van der Waals surface area contributed by atoms with Crippen LogP contribution in [0.2, 0.25) is 0 Å². The van der Waals surface area contributed by atoms with Gasteiger partial charge in [-0.1, -0.05) is 20.3 Å². The minimum absolute atomic E-state index is 0.474. The zero-order valence-corrected chi connectivity index (χ0v) is 9.88. The lowest BCUT2D eigenvalue weighted by atomic mass is 10.1. The van der Waals surface area contributed by atoms with Crippen LogP contribution < -0.4 is 0 Å². The predicted octanol–water partition coefficient (Wildman–Crippen LogP) is 2.46. The van der Waals surface area contributed by atoms with E-state index >= 15 is 0 Å². The Morgan fingerprint density at radius 3 is 2.73 bits per heavy atom. The van der Waals surface area contributed by atoms with Crippen molar-refractivity contribution in [3.8, 4) is 0 Å². The van der Waals surface area contributed by atoms with E-state index in [4.69, 9.17) is 5.11 Å². The van der Waals surface area contributed by atoms with E-state index in [1.54, 1.807) is 0 Å². The zero-order chi connectivity index (χ0) is 11.3. The molecule has 0 bridgehead atoms.